The molecule has 0 spiro atoms. The van der Waals surface area contributed by atoms with Gasteiger partial charge in [-0.3, -0.25) is 9.78 Å². The summed E-state index contributed by atoms with van der Waals surface area (Å²) in [7, 11) is 0. The van der Waals surface area contributed by atoms with Crippen molar-refractivity contribution >= 4 is 34.8 Å². The van der Waals surface area contributed by atoms with Crippen LogP contribution in [0.4, 0.5) is 11.5 Å². The van der Waals surface area contributed by atoms with Gasteiger partial charge in [0.15, 0.2) is 5.82 Å². The summed E-state index contributed by atoms with van der Waals surface area (Å²) in [4.78, 5) is 25.2. The van der Waals surface area contributed by atoms with E-state index in [2.05, 4.69) is 30.7 Å². The molecule has 9 heteroatoms. The highest BCUT2D eigenvalue weighted by molar-refractivity contribution is 6.30. The highest BCUT2D eigenvalue weighted by atomic mass is 35.5. The van der Waals surface area contributed by atoms with Gasteiger partial charge in [0, 0.05) is 40.4 Å². The van der Waals surface area contributed by atoms with Gasteiger partial charge in [0.1, 0.15) is 5.82 Å². The second-order valence-electron chi connectivity index (χ2n) is 6.08. The van der Waals surface area contributed by atoms with Gasteiger partial charge in [-0.05, 0) is 37.3 Å². The molecule has 0 aliphatic heterocycles. The standard InChI is InChI=1S/C19H16ClN7O/c1-12-8-16(22-11-17(28)24-15-6-2-5-14(20)9-15)27-19(23-12)25-18(26-27)13-4-3-7-21-10-13/h2-10,22H,11H2,1H3,(H,24,28). The number of nitrogens with one attached hydrogen (secondary N) is 2. The minimum atomic E-state index is -0.211. The number of fused-ring (bicyclic) bond motifs is 1. The van der Waals surface area contributed by atoms with Crippen LogP contribution < -0.4 is 10.6 Å². The molecule has 0 aliphatic carbocycles. The van der Waals surface area contributed by atoms with E-state index in [9.17, 15) is 4.79 Å². The summed E-state index contributed by atoms with van der Waals surface area (Å²) in [5.74, 6) is 1.36. The molecule has 8 nitrogen and oxygen atoms in total. The first kappa shape index (κ1) is 17.9. The predicted octanol–water partition coefficient (Wildman–Crippen LogP) is 3.20. The number of amides is 1. The van der Waals surface area contributed by atoms with E-state index in [-0.39, 0.29) is 12.5 Å². The molecule has 0 saturated heterocycles. The maximum absolute atomic E-state index is 12.3. The molecule has 0 fully saturated rings. The third-order valence-corrected chi connectivity index (χ3v) is 4.13. The summed E-state index contributed by atoms with van der Waals surface area (Å²) in [6, 6.07) is 12.5. The molecule has 4 aromatic rings. The largest absolute Gasteiger partial charge is 0.361 e. The highest BCUT2D eigenvalue weighted by Crippen LogP contribution is 2.18. The van der Waals surface area contributed by atoms with Crippen LogP contribution >= 0.6 is 11.6 Å². The molecular formula is C19H16ClN7O. The second-order valence-corrected chi connectivity index (χ2v) is 6.52. The number of rotatable bonds is 5. The number of hydrogen-bond acceptors (Lipinski definition) is 6. The fourth-order valence-electron chi connectivity index (χ4n) is 2.67. The lowest BCUT2D eigenvalue weighted by Crippen LogP contribution is -2.23. The Labute approximate surface area is 165 Å². The summed E-state index contributed by atoms with van der Waals surface area (Å²) in [5, 5.41) is 10.9. The quantitative estimate of drug-likeness (QED) is 0.540. The van der Waals surface area contributed by atoms with Crippen molar-refractivity contribution in [2.45, 2.75) is 6.92 Å². The van der Waals surface area contributed by atoms with E-state index < -0.39 is 0 Å². The Kier molecular flexibility index (Phi) is 4.86. The fourth-order valence-corrected chi connectivity index (χ4v) is 2.86. The van der Waals surface area contributed by atoms with Crippen molar-refractivity contribution in [2.24, 2.45) is 0 Å². The number of nitrogens with zero attached hydrogens (tertiary/aromatic N) is 5. The maximum Gasteiger partial charge on any atom is 0.254 e. The first-order chi connectivity index (χ1) is 13.6. The van der Waals surface area contributed by atoms with Crippen molar-refractivity contribution in [2.75, 3.05) is 17.2 Å². The molecule has 4 rings (SSSR count). The number of carbonyl (C=O) groups excluding carboxylic acids is 1. The molecule has 2 N–H and O–H groups in total. The van der Waals surface area contributed by atoms with Gasteiger partial charge in [-0.2, -0.15) is 9.50 Å². The Morgan fingerprint density at radius 2 is 2.07 bits per heavy atom. The summed E-state index contributed by atoms with van der Waals surface area (Å²) < 4.78 is 1.57. The van der Waals surface area contributed by atoms with Crippen LogP contribution in [0.25, 0.3) is 17.2 Å². The summed E-state index contributed by atoms with van der Waals surface area (Å²) in [6.45, 7) is 1.91. The SMILES string of the molecule is Cc1cc(NCC(=O)Nc2cccc(Cl)c2)n2nc(-c3cccnc3)nc2n1. The lowest BCUT2D eigenvalue weighted by atomic mass is 10.3. The Morgan fingerprint density at radius 3 is 2.86 bits per heavy atom. The number of benzene rings is 1. The topological polar surface area (TPSA) is 97.1 Å². The van der Waals surface area contributed by atoms with Crippen molar-refractivity contribution in [1.29, 1.82) is 0 Å². The van der Waals surface area contributed by atoms with Crippen molar-refractivity contribution in [3.8, 4) is 11.4 Å². The molecule has 140 valence electrons. The minimum absolute atomic E-state index is 0.0488. The molecule has 0 bridgehead atoms. The lowest BCUT2D eigenvalue weighted by Gasteiger charge is -2.09. The number of aryl methyl sites for hydroxylation is 1. The number of hydrogen-bond donors (Lipinski definition) is 2. The third-order valence-electron chi connectivity index (χ3n) is 3.90. The molecular weight excluding hydrogens is 378 g/mol. The molecule has 0 atom stereocenters. The van der Waals surface area contributed by atoms with Gasteiger partial charge in [0.25, 0.3) is 5.78 Å². The number of aromatic nitrogens is 5. The zero-order valence-electron chi connectivity index (χ0n) is 14.9. The zero-order chi connectivity index (χ0) is 19.5. The van der Waals surface area contributed by atoms with Gasteiger partial charge in [0.05, 0.1) is 6.54 Å². The van der Waals surface area contributed by atoms with Crippen LogP contribution in [0, 0.1) is 6.92 Å². The van der Waals surface area contributed by atoms with Crippen LogP contribution in [-0.4, -0.2) is 37.0 Å². The molecule has 0 unspecified atom stereocenters. The van der Waals surface area contributed by atoms with Crippen molar-refractivity contribution in [1.82, 2.24) is 24.6 Å². The number of pyridine rings is 1. The predicted molar refractivity (Wildman–Crippen MR) is 107 cm³/mol. The van der Waals surface area contributed by atoms with Crippen LogP contribution in [0.1, 0.15) is 5.69 Å². The van der Waals surface area contributed by atoms with Gasteiger partial charge in [-0.15, -0.1) is 5.10 Å². The molecule has 0 radical (unpaired) electrons. The number of carbonyl (C=O) groups is 1. The Balaban J connectivity index is 1.54. The van der Waals surface area contributed by atoms with Crippen LogP contribution in [0.5, 0.6) is 0 Å². The first-order valence-electron chi connectivity index (χ1n) is 8.52. The Morgan fingerprint density at radius 1 is 1.18 bits per heavy atom. The van der Waals surface area contributed by atoms with Crippen LogP contribution in [0.15, 0.2) is 54.9 Å². The van der Waals surface area contributed by atoms with Crippen molar-refractivity contribution in [3.63, 3.8) is 0 Å². The van der Waals surface area contributed by atoms with E-state index in [4.69, 9.17) is 11.6 Å². The van der Waals surface area contributed by atoms with Crippen LogP contribution in [0.2, 0.25) is 5.02 Å². The van der Waals surface area contributed by atoms with Crippen LogP contribution in [-0.2, 0) is 4.79 Å². The molecule has 3 heterocycles. The fraction of sp³-hybridized carbons (Fsp3) is 0.105. The van der Waals surface area contributed by atoms with Gasteiger partial charge < -0.3 is 10.6 Å². The summed E-state index contributed by atoms with van der Waals surface area (Å²) >= 11 is 5.94. The zero-order valence-corrected chi connectivity index (χ0v) is 15.7. The smallest absolute Gasteiger partial charge is 0.254 e. The monoisotopic (exact) mass is 393 g/mol. The summed E-state index contributed by atoms with van der Waals surface area (Å²) in [5.41, 5.74) is 2.18. The third kappa shape index (κ3) is 3.91. The lowest BCUT2D eigenvalue weighted by molar-refractivity contribution is -0.114. The van der Waals surface area contributed by atoms with E-state index in [1.807, 2.05) is 19.1 Å². The maximum atomic E-state index is 12.3. The second kappa shape index (κ2) is 7.61. The van der Waals surface area contributed by atoms with Gasteiger partial charge in [-0.1, -0.05) is 17.7 Å². The molecule has 0 aliphatic rings. The molecule has 1 aromatic carbocycles. The molecule has 1 amide bonds. The van der Waals surface area contributed by atoms with Crippen molar-refractivity contribution < 1.29 is 4.79 Å². The Hall–Kier alpha value is -3.52. The van der Waals surface area contributed by atoms with E-state index in [0.29, 0.717) is 28.1 Å². The van der Waals surface area contributed by atoms with E-state index in [1.54, 1.807) is 47.2 Å². The average Bonchev–Trinajstić information content (AvgIpc) is 3.11. The minimum Gasteiger partial charge on any atom is -0.361 e. The number of halogens is 1. The molecule has 3 aromatic heterocycles. The summed E-state index contributed by atoms with van der Waals surface area (Å²) in [6.07, 6.45) is 3.38. The number of anilines is 2. The van der Waals surface area contributed by atoms with Gasteiger partial charge in [-0.25, -0.2) is 4.98 Å². The Bertz CT molecular complexity index is 1140. The average molecular weight is 394 g/mol. The van der Waals surface area contributed by atoms with Crippen LogP contribution in [0.3, 0.4) is 0 Å². The van der Waals surface area contributed by atoms with E-state index in [0.717, 1.165) is 11.3 Å². The van der Waals surface area contributed by atoms with Gasteiger partial charge in [0.2, 0.25) is 5.91 Å². The molecule has 0 saturated carbocycles. The molecule has 28 heavy (non-hydrogen) atoms. The first-order valence-corrected chi connectivity index (χ1v) is 8.90. The normalized spacial score (nSPS) is 10.8. The van der Waals surface area contributed by atoms with E-state index in [1.165, 1.54) is 0 Å². The van der Waals surface area contributed by atoms with E-state index >= 15 is 0 Å². The van der Waals surface area contributed by atoms with Crippen molar-refractivity contribution in [3.05, 3.63) is 65.6 Å². The van der Waals surface area contributed by atoms with Gasteiger partial charge >= 0.3 is 0 Å². The highest BCUT2D eigenvalue weighted by Gasteiger charge is 2.12.